The Morgan fingerprint density at radius 3 is 2.36 bits per heavy atom. The summed E-state index contributed by atoms with van der Waals surface area (Å²) in [6.45, 7) is 14.1. The van der Waals surface area contributed by atoms with Gasteiger partial charge < -0.3 is 29.1 Å². The lowest BCUT2D eigenvalue weighted by Crippen LogP contribution is -2.62. The molecule has 7 rings (SSSR count). The largest absolute Gasteiger partial charge is 0.481 e. The maximum Gasteiger partial charge on any atom is 0.422 e. The van der Waals surface area contributed by atoms with E-state index in [1.165, 1.54) is 0 Å². The molecule has 0 aliphatic carbocycles. The lowest BCUT2D eigenvalue weighted by Gasteiger charge is -2.53. The van der Waals surface area contributed by atoms with E-state index >= 15 is 0 Å². The number of aromatic nitrogens is 4. The zero-order valence-electron chi connectivity index (χ0n) is 31.4. The normalized spacial score (nSPS) is 18.3. The number of fused-ring (bicyclic) bond motifs is 2. The molecule has 1 amide bonds. The Morgan fingerprint density at radius 2 is 1.74 bits per heavy atom. The summed E-state index contributed by atoms with van der Waals surface area (Å²) in [4.78, 5) is 31.3. The third-order valence-corrected chi connectivity index (χ3v) is 10.9. The molecule has 0 atom stereocenters. The van der Waals surface area contributed by atoms with E-state index in [0.29, 0.717) is 84.7 Å². The van der Waals surface area contributed by atoms with Crippen molar-refractivity contribution in [3.8, 4) is 16.9 Å². The molecule has 3 aliphatic heterocycles. The molecule has 1 N–H and O–H groups in total. The highest BCUT2D eigenvalue weighted by Crippen LogP contribution is 2.48. The molecule has 14 heteroatoms. The molecular formula is C39H49F3N8O3. The van der Waals surface area contributed by atoms with Crippen LogP contribution >= 0.6 is 0 Å². The molecule has 11 nitrogen and oxygen atoms in total. The molecule has 1 spiro atoms. The number of alkyl halides is 3. The fourth-order valence-electron chi connectivity index (χ4n) is 8.09. The van der Waals surface area contributed by atoms with Crippen LogP contribution in [-0.4, -0.2) is 114 Å². The molecule has 53 heavy (non-hydrogen) atoms. The van der Waals surface area contributed by atoms with E-state index in [1.54, 1.807) is 17.2 Å². The van der Waals surface area contributed by atoms with Crippen LogP contribution in [0.25, 0.3) is 39.0 Å². The standard InChI is InChI=1S/C39H49F3N8O3/c1-8-25-19-27-32(33(52-23-39(40,41)42)31(25)30-24(2)9-10-29-28(30)20-43-46-29)44-35(49-15-11-26(12-16-49)47(6)7)45-34(27)48-17-13-38(14-18-48)21-50(22-38)36(51)53-37(3,4)5/h8-10,19-20,26H,1,11-18,21-23H2,2-7H3,(H,43,46). The predicted octanol–water partition coefficient (Wildman–Crippen LogP) is 7.43. The summed E-state index contributed by atoms with van der Waals surface area (Å²) in [6.07, 6.45) is 1.92. The van der Waals surface area contributed by atoms with Crippen molar-refractivity contribution in [2.24, 2.45) is 5.41 Å². The highest BCUT2D eigenvalue weighted by Gasteiger charge is 2.48. The molecule has 4 aromatic rings. The maximum atomic E-state index is 14.0. The van der Waals surface area contributed by atoms with Crippen LogP contribution in [0.2, 0.25) is 0 Å². The van der Waals surface area contributed by atoms with Gasteiger partial charge in [0, 0.05) is 67.1 Å². The van der Waals surface area contributed by atoms with Crippen LogP contribution in [0.5, 0.6) is 5.75 Å². The van der Waals surface area contributed by atoms with E-state index < -0.39 is 18.4 Å². The van der Waals surface area contributed by atoms with Crippen molar-refractivity contribution < 1.29 is 27.4 Å². The Kier molecular flexibility index (Phi) is 9.48. The minimum Gasteiger partial charge on any atom is -0.481 e. The molecule has 3 fully saturated rings. The SMILES string of the molecule is C=Cc1cc2c(N3CCC4(CC3)CN(C(=O)OC(C)(C)C)C4)nc(N3CCC(N(C)C)CC3)nc2c(OCC(F)(F)F)c1-c1c(C)ccc2[nH]ncc12. The third-order valence-electron chi connectivity index (χ3n) is 10.9. The molecule has 0 radical (unpaired) electrons. The smallest absolute Gasteiger partial charge is 0.422 e. The van der Waals surface area contributed by atoms with Gasteiger partial charge in [0.05, 0.1) is 11.7 Å². The fraction of sp³-hybridized carbons (Fsp3) is 0.538. The van der Waals surface area contributed by atoms with E-state index in [4.69, 9.17) is 19.4 Å². The van der Waals surface area contributed by atoms with Crippen molar-refractivity contribution in [2.75, 3.05) is 69.8 Å². The molecule has 284 valence electrons. The van der Waals surface area contributed by atoms with E-state index in [0.717, 1.165) is 42.1 Å². The van der Waals surface area contributed by atoms with Gasteiger partial charge in [0.25, 0.3) is 0 Å². The van der Waals surface area contributed by atoms with Crippen molar-refractivity contribution in [1.82, 2.24) is 30.0 Å². The number of H-pyrrole nitrogens is 1. The molecule has 0 saturated carbocycles. The number of carbonyl (C=O) groups excluding carboxylic acids is 1. The van der Waals surface area contributed by atoms with E-state index in [-0.39, 0.29) is 17.3 Å². The summed E-state index contributed by atoms with van der Waals surface area (Å²) in [5.74, 6) is 1.17. The molecule has 5 heterocycles. The number of hydrogen-bond donors (Lipinski definition) is 1. The van der Waals surface area contributed by atoms with E-state index in [2.05, 4.69) is 45.6 Å². The van der Waals surface area contributed by atoms with E-state index in [9.17, 15) is 18.0 Å². The Labute approximate surface area is 308 Å². The van der Waals surface area contributed by atoms with Gasteiger partial charge >= 0.3 is 12.3 Å². The van der Waals surface area contributed by atoms with Gasteiger partial charge in [0.15, 0.2) is 12.4 Å². The van der Waals surface area contributed by atoms with Crippen LogP contribution in [0.3, 0.4) is 0 Å². The highest BCUT2D eigenvalue weighted by atomic mass is 19.4. The van der Waals surface area contributed by atoms with Gasteiger partial charge in [-0.15, -0.1) is 0 Å². The van der Waals surface area contributed by atoms with Gasteiger partial charge in [-0.1, -0.05) is 18.7 Å². The number of halogens is 3. The summed E-state index contributed by atoms with van der Waals surface area (Å²) in [5, 5.41) is 8.59. The molecule has 0 bridgehead atoms. The molecular weight excluding hydrogens is 685 g/mol. The quantitative estimate of drug-likeness (QED) is 0.208. The lowest BCUT2D eigenvalue weighted by atomic mass is 9.72. The summed E-state index contributed by atoms with van der Waals surface area (Å²) >= 11 is 0. The van der Waals surface area contributed by atoms with Crippen molar-refractivity contribution in [3.63, 3.8) is 0 Å². The number of amides is 1. The second-order valence-corrected chi connectivity index (χ2v) is 16.1. The van der Waals surface area contributed by atoms with Gasteiger partial charge in [-0.25, -0.2) is 9.78 Å². The molecule has 2 aromatic heterocycles. The van der Waals surface area contributed by atoms with Crippen LogP contribution in [0, 0.1) is 12.3 Å². The number of rotatable bonds is 7. The Balaban J connectivity index is 1.34. The maximum absolute atomic E-state index is 14.0. The summed E-state index contributed by atoms with van der Waals surface area (Å²) < 4.78 is 53.5. The van der Waals surface area contributed by atoms with Crippen molar-refractivity contribution >= 4 is 45.7 Å². The number of hydrogen-bond acceptors (Lipinski definition) is 9. The first-order valence-corrected chi connectivity index (χ1v) is 18.3. The van der Waals surface area contributed by atoms with Crippen molar-refractivity contribution in [1.29, 1.82) is 0 Å². The minimum absolute atomic E-state index is 0.0195. The Morgan fingerprint density at radius 1 is 1.04 bits per heavy atom. The highest BCUT2D eigenvalue weighted by molar-refractivity contribution is 6.07. The molecule has 2 aromatic carbocycles. The van der Waals surface area contributed by atoms with Gasteiger partial charge in [-0.2, -0.15) is 23.3 Å². The van der Waals surface area contributed by atoms with Crippen LogP contribution in [0.1, 0.15) is 57.6 Å². The molecule has 0 unspecified atom stereocenters. The lowest BCUT2D eigenvalue weighted by molar-refractivity contribution is -0.153. The number of piperidine rings is 2. The number of nitrogens with zero attached hydrogens (tertiary/aromatic N) is 7. The monoisotopic (exact) mass is 734 g/mol. The number of aromatic amines is 1. The topological polar surface area (TPSA) is 103 Å². The minimum atomic E-state index is -4.59. The predicted molar refractivity (Wildman–Crippen MR) is 202 cm³/mol. The Hall–Kier alpha value is -4.59. The number of likely N-dealkylation sites (tertiary alicyclic amines) is 1. The second-order valence-electron chi connectivity index (χ2n) is 16.1. The first-order valence-electron chi connectivity index (χ1n) is 18.3. The van der Waals surface area contributed by atoms with Crippen LogP contribution in [0.15, 0.2) is 31.0 Å². The van der Waals surface area contributed by atoms with Gasteiger partial charge in [0.1, 0.15) is 16.9 Å². The molecule has 3 saturated heterocycles. The molecule has 3 aliphatic rings. The van der Waals surface area contributed by atoms with Crippen molar-refractivity contribution in [3.05, 3.63) is 42.1 Å². The van der Waals surface area contributed by atoms with Crippen LogP contribution < -0.4 is 14.5 Å². The number of benzene rings is 2. The van der Waals surface area contributed by atoms with Gasteiger partial charge in [-0.3, -0.25) is 5.10 Å². The third kappa shape index (κ3) is 7.34. The average Bonchev–Trinajstić information content (AvgIpc) is 3.57. The van der Waals surface area contributed by atoms with Gasteiger partial charge in [-0.05, 0) is 96.3 Å². The number of anilines is 2. The number of ether oxygens (including phenoxy) is 2. The summed E-state index contributed by atoms with van der Waals surface area (Å²) in [5.41, 5.74) is 3.14. The first-order chi connectivity index (χ1) is 25.0. The number of aryl methyl sites for hydroxylation is 1. The van der Waals surface area contributed by atoms with Crippen LogP contribution in [0.4, 0.5) is 29.7 Å². The second kappa shape index (κ2) is 13.7. The van der Waals surface area contributed by atoms with E-state index in [1.807, 2.05) is 45.9 Å². The fourth-order valence-corrected chi connectivity index (χ4v) is 8.09. The number of nitrogens with one attached hydrogen (secondary N) is 1. The number of carbonyl (C=O) groups is 1. The Bertz CT molecular complexity index is 2010. The average molecular weight is 735 g/mol. The summed E-state index contributed by atoms with van der Waals surface area (Å²) in [6, 6.07) is 6.17. The van der Waals surface area contributed by atoms with Crippen molar-refractivity contribution in [2.45, 2.75) is 71.2 Å². The van der Waals surface area contributed by atoms with Gasteiger partial charge in [0.2, 0.25) is 5.95 Å². The zero-order valence-corrected chi connectivity index (χ0v) is 31.4. The summed E-state index contributed by atoms with van der Waals surface area (Å²) in [7, 11) is 4.16. The first kappa shape index (κ1) is 36.8. The zero-order chi connectivity index (χ0) is 37.9. The van der Waals surface area contributed by atoms with Crippen LogP contribution in [-0.2, 0) is 4.74 Å².